The van der Waals surface area contributed by atoms with Gasteiger partial charge in [0.25, 0.3) is 0 Å². The van der Waals surface area contributed by atoms with Gasteiger partial charge in [-0.1, -0.05) is 0 Å². The summed E-state index contributed by atoms with van der Waals surface area (Å²) in [6.45, 7) is 6.47. The van der Waals surface area contributed by atoms with Gasteiger partial charge in [-0.05, 0) is 13.8 Å². The van der Waals surface area contributed by atoms with Crippen LogP contribution in [0.15, 0.2) is 6.20 Å². The van der Waals surface area contributed by atoms with Crippen molar-refractivity contribution >= 4 is 16.5 Å². The molecule has 2 N–H and O–H groups in total. The smallest absolute Gasteiger partial charge is 0.185 e. The number of likely N-dealkylation sites (N-methyl/N-ethyl adjacent to an activating group) is 1. The molecular weight excluding hydrogens is 210 g/mol. The summed E-state index contributed by atoms with van der Waals surface area (Å²) in [7, 11) is 1.72. The Morgan fingerprint density at radius 2 is 2.40 bits per heavy atom. The molecule has 4 nitrogen and oxygen atoms in total. The van der Waals surface area contributed by atoms with Gasteiger partial charge in [-0.25, -0.2) is 4.98 Å². The van der Waals surface area contributed by atoms with Crippen LogP contribution in [0.4, 0.5) is 5.13 Å². The van der Waals surface area contributed by atoms with Gasteiger partial charge in [0, 0.05) is 31.3 Å². The number of hydrogen-bond acceptors (Lipinski definition) is 5. The molecule has 0 aliphatic rings. The van der Waals surface area contributed by atoms with Gasteiger partial charge in [0.05, 0.1) is 12.6 Å². The van der Waals surface area contributed by atoms with Crippen molar-refractivity contribution in [2.45, 2.75) is 26.4 Å². The molecule has 1 heterocycles. The molecule has 0 saturated carbocycles. The minimum absolute atomic E-state index is 0.344. The fraction of sp³-hybridized carbons (Fsp3) is 0.700. The second-order valence-electron chi connectivity index (χ2n) is 3.40. The third kappa shape index (κ3) is 3.15. The van der Waals surface area contributed by atoms with Crippen LogP contribution in [0.5, 0.6) is 0 Å². The molecule has 1 aromatic heterocycles. The van der Waals surface area contributed by atoms with Crippen molar-refractivity contribution in [1.29, 1.82) is 0 Å². The van der Waals surface area contributed by atoms with Gasteiger partial charge in [0.1, 0.15) is 0 Å². The van der Waals surface area contributed by atoms with Crippen molar-refractivity contribution in [2.24, 2.45) is 5.73 Å². The summed E-state index contributed by atoms with van der Waals surface area (Å²) in [4.78, 5) is 7.72. The van der Waals surface area contributed by atoms with Crippen molar-refractivity contribution in [2.75, 3.05) is 25.2 Å². The summed E-state index contributed by atoms with van der Waals surface area (Å²) in [6, 6.07) is 0.344. The molecule has 0 bridgehead atoms. The summed E-state index contributed by atoms with van der Waals surface area (Å²) in [5.41, 5.74) is 5.57. The van der Waals surface area contributed by atoms with Crippen molar-refractivity contribution in [1.82, 2.24) is 4.98 Å². The third-order valence-electron chi connectivity index (χ3n) is 2.27. The van der Waals surface area contributed by atoms with E-state index in [9.17, 15) is 0 Å². The molecule has 1 atom stereocenters. The maximum absolute atomic E-state index is 5.57. The largest absolute Gasteiger partial charge is 0.383 e. The third-order valence-corrected chi connectivity index (χ3v) is 3.33. The van der Waals surface area contributed by atoms with E-state index in [2.05, 4.69) is 23.7 Å². The number of methoxy groups -OCH3 is 1. The first-order valence-corrected chi connectivity index (χ1v) is 5.94. The van der Waals surface area contributed by atoms with Crippen LogP contribution in [0.2, 0.25) is 0 Å². The highest BCUT2D eigenvalue weighted by molar-refractivity contribution is 7.15. The molecule has 0 aliphatic carbocycles. The predicted molar refractivity (Wildman–Crippen MR) is 64.4 cm³/mol. The zero-order valence-electron chi connectivity index (χ0n) is 9.56. The molecule has 1 rings (SSSR count). The summed E-state index contributed by atoms with van der Waals surface area (Å²) in [6.07, 6.45) is 1.85. The van der Waals surface area contributed by atoms with Gasteiger partial charge < -0.3 is 15.4 Å². The Balaban J connectivity index is 2.72. The van der Waals surface area contributed by atoms with Gasteiger partial charge in [0.2, 0.25) is 0 Å². The maximum atomic E-state index is 5.57. The summed E-state index contributed by atoms with van der Waals surface area (Å²) in [5.74, 6) is 0. The summed E-state index contributed by atoms with van der Waals surface area (Å²) in [5, 5.41) is 1.03. The average Bonchev–Trinajstić information content (AvgIpc) is 2.68. The fourth-order valence-corrected chi connectivity index (χ4v) is 2.45. The van der Waals surface area contributed by atoms with E-state index in [1.807, 2.05) is 6.20 Å². The molecule has 0 saturated heterocycles. The maximum Gasteiger partial charge on any atom is 0.185 e. The SMILES string of the molecule is CCN(c1ncc(CN)s1)C(C)COC. The molecule has 0 radical (unpaired) electrons. The Hall–Kier alpha value is -0.650. The Bertz CT molecular complexity index is 290. The molecule has 0 fully saturated rings. The molecule has 1 aromatic rings. The van der Waals surface area contributed by atoms with Crippen molar-refractivity contribution in [3.05, 3.63) is 11.1 Å². The van der Waals surface area contributed by atoms with Crippen LogP contribution in [0.25, 0.3) is 0 Å². The van der Waals surface area contributed by atoms with Crippen LogP contribution in [0.1, 0.15) is 18.7 Å². The van der Waals surface area contributed by atoms with Gasteiger partial charge in [-0.3, -0.25) is 0 Å². The summed E-state index contributed by atoms with van der Waals surface area (Å²) < 4.78 is 5.15. The standard InChI is InChI=1S/C10H19N3OS/c1-4-13(8(2)7-14-3)10-12-6-9(5-11)15-10/h6,8H,4-5,7,11H2,1-3H3. The average molecular weight is 229 g/mol. The van der Waals surface area contributed by atoms with Gasteiger partial charge in [0.15, 0.2) is 5.13 Å². The first-order valence-electron chi connectivity index (χ1n) is 5.13. The normalized spacial score (nSPS) is 12.8. The number of anilines is 1. The second kappa shape index (κ2) is 6.05. The number of nitrogens with two attached hydrogens (primary N) is 1. The lowest BCUT2D eigenvalue weighted by molar-refractivity contribution is 0.182. The second-order valence-corrected chi connectivity index (χ2v) is 4.50. The zero-order chi connectivity index (χ0) is 11.3. The molecular formula is C10H19N3OS. The quantitative estimate of drug-likeness (QED) is 0.802. The molecule has 5 heteroatoms. The molecule has 1 unspecified atom stereocenters. The van der Waals surface area contributed by atoms with Crippen LogP contribution in [0.3, 0.4) is 0 Å². The molecule has 15 heavy (non-hydrogen) atoms. The number of thiazole rings is 1. The number of hydrogen-bond donors (Lipinski definition) is 1. The van der Waals surface area contributed by atoms with E-state index in [-0.39, 0.29) is 0 Å². The first-order chi connectivity index (χ1) is 7.22. The van der Waals surface area contributed by atoms with E-state index in [0.717, 1.165) is 16.6 Å². The number of ether oxygens (including phenoxy) is 1. The fourth-order valence-electron chi connectivity index (χ4n) is 1.49. The highest BCUT2D eigenvalue weighted by atomic mass is 32.1. The molecule has 86 valence electrons. The van der Waals surface area contributed by atoms with Gasteiger partial charge in [-0.2, -0.15) is 0 Å². The van der Waals surface area contributed by atoms with E-state index in [1.165, 1.54) is 0 Å². The van der Waals surface area contributed by atoms with Crippen LogP contribution in [0, 0.1) is 0 Å². The van der Waals surface area contributed by atoms with Crippen LogP contribution >= 0.6 is 11.3 Å². The zero-order valence-corrected chi connectivity index (χ0v) is 10.4. The highest BCUT2D eigenvalue weighted by Crippen LogP contribution is 2.23. The van der Waals surface area contributed by atoms with E-state index in [0.29, 0.717) is 19.2 Å². The minimum Gasteiger partial charge on any atom is -0.383 e. The van der Waals surface area contributed by atoms with Crippen molar-refractivity contribution in [3.63, 3.8) is 0 Å². The van der Waals surface area contributed by atoms with Gasteiger partial charge in [-0.15, -0.1) is 11.3 Å². The summed E-state index contributed by atoms with van der Waals surface area (Å²) >= 11 is 1.65. The van der Waals surface area contributed by atoms with E-state index >= 15 is 0 Å². The molecule has 0 amide bonds. The van der Waals surface area contributed by atoms with Crippen molar-refractivity contribution in [3.8, 4) is 0 Å². The number of aromatic nitrogens is 1. The topological polar surface area (TPSA) is 51.4 Å². The van der Waals surface area contributed by atoms with Gasteiger partial charge >= 0.3 is 0 Å². The van der Waals surface area contributed by atoms with Crippen molar-refractivity contribution < 1.29 is 4.74 Å². The highest BCUT2D eigenvalue weighted by Gasteiger charge is 2.15. The van der Waals surface area contributed by atoms with E-state index in [4.69, 9.17) is 10.5 Å². The number of nitrogens with zero attached hydrogens (tertiary/aromatic N) is 2. The van der Waals surface area contributed by atoms with E-state index < -0.39 is 0 Å². The Labute approximate surface area is 95.1 Å². The Kier molecular flexibility index (Phi) is 5.01. The minimum atomic E-state index is 0.344. The monoisotopic (exact) mass is 229 g/mol. The van der Waals surface area contributed by atoms with Crippen LogP contribution in [-0.4, -0.2) is 31.3 Å². The predicted octanol–water partition coefficient (Wildman–Crippen LogP) is 1.46. The first kappa shape index (κ1) is 12.4. The Morgan fingerprint density at radius 1 is 1.67 bits per heavy atom. The molecule has 0 aliphatic heterocycles. The lowest BCUT2D eigenvalue weighted by atomic mass is 10.3. The lowest BCUT2D eigenvalue weighted by Gasteiger charge is -2.26. The number of rotatable bonds is 6. The van der Waals surface area contributed by atoms with Crippen LogP contribution < -0.4 is 10.6 Å². The van der Waals surface area contributed by atoms with Crippen LogP contribution in [-0.2, 0) is 11.3 Å². The Morgan fingerprint density at radius 3 is 2.87 bits per heavy atom. The van der Waals surface area contributed by atoms with E-state index in [1.54, 1.807) is 18.4 Å². The molecule has 0 aromatic carbocycles. The lowest BCUT2D eigenvalue weighted by Crippen LogP contribution is -2.35. The molecule has 0 spiro atoms.